The van der Waals surface area contributed by atoms with Gasteiger partial charge >= 0.3 is 0 Å². The fourth-order valence-corrected chi connectivity index (χ4v) is 1.48. The standard InChI is InChI=1S/C9H7ClN2O/c1-6-8(9(10)13)11-7-4-2-3-5-12(6)7/h2-5H,1H3. The van der Waals surface area contributed by atoms with E-state index in [1.54, 1.807) is 0 Å². The van der Waals surface area contributed by atoms with Gasteiger partial charge in [0.2, 0.25) is 0 Å². The maximum absolute atomic E-state index is 10.9. The highest BCUT2D eigenvalue weighted by Crippen LogP contribution is 2.12. The third-order valence-electron chi connectivity index (χ3n) is 1.95. The van der Waals surface area contributed by atoms with Crippen LogP contribution in [0.2, 0.25) is 0 Å². The van der Waals surface area contributed by atoms with Crippen LogP contribution in [0.3, 0.4) is 0 Å². The molecule has 0 amide bonds. The molecule has 0 saturated carbocycles. The molecule has 13 heavy (non-hydrogen) atoms. The number of nitrogens with zero attached hydrogens (tertiary/aromatic N) is 2. The van der Waals surface area contributed by atoms with Crippen LogP contribution in [0.4, 0.5) is 0 Å². The van der Waals surface area contributed by atoms with Gasteiger partial charge in [-0.15, -0.1) is 0 Å². The number of aromatic nitrogens is 2. The lowest BCUT2D eigenvalue weighted by Crippen LogP contribution is -1.92. The number of rotatable bonds is 1. The summed E-state index contributed by atoms with van der Waals surface area (Å²) < 4.78 is 1.83. The summed E-state index contributed by atoms with van der Waals surface area (Å²) in [6.45, 7) is 1.82. The molecule has 0 aliphatic heterocycles. The molecule has 0 N–H and O–H groups in total. The first-order valence-electron chi connectivity index (χ1n) is 3.83. The smallest absolute Gasteiger partial charge is 0.272 e. The Labute approximate surface area is 80.0 Å². The molecule has 0 aromatic carbocycles. The average molecular weight is 195 g/mol. The molecule has 0 radical (unpaired) electrons. The van der Waals surface area contributed by atoms with Gasteiger partial charge in [-0.05, 0) is 30.7 Å². The lowest BCUT2D eigenvalue weighted by Gasteiger charge is -1.93. The van der Waals surface area contributed by atoms with Gasteiger partial charge in [-0.25, -0.2) is 4.98 Å². The Bertz CT molecular complexity index is 475. The number of aryl methyl sites for hydroxylation is 1. The van der Waals surface area contributed by atoms with Crippen LogP contribution in [0.25, 0.3) is 5.65 Å². The van der Waals surface area contributed by atoms with Crippen molar-refractivity contribution in [3.8, 4) is 0 Å². The van der Waals surface area contributed by atoms with E-state index < -0.39 is 5.24 Å². The Morgan fingerprint density at radius 3 is 2.92 bits per heavy atom. The fourth-order valence-electron chi connectivity index (χ4n) is 1.30. The number of carbonyl (C=O) groups excluding carboxylic acids is 1. The SMILES string of the molecule is Cc1c(C(=O)Cl)nc2ccccn12. The molecular formula is C9H7ClN2O. The quantitative estimate of drug-likeness (QED) is 0.651. The average Bonchev–Trinajstić information content (AvgIpc) is 2.45. The van der Waals surface area contributed by atoms with Gasteiger partial charge < -0.3 is 4.40 Å². The Morgan fingerprint density at radius 2 is 2.31 bits per heavy atom. The van der Waals surface area contributed by atoms with Crippen LogP contribution in [-0.4, -0.2) is 14.6 Å². The Balaban J connectivity index is 2.81. The van der Waals surface area contributed by atoms with Gasteiger partial charge in [-0.3, -0.25) is 4.79 Å². The first-order valence-corrected chi connectivity index (χ1v) is 4.21. The van der Waals surface area contributed by atoms with Crippen molar-refractivity contribution in [2.24, 2.45) is 0 Å². The Morgan fingerprint density at radius 1 is 1.54 bits per heavy atom. The second-order valence-corrected chi connectivity index (χ2v) is 3.09. The highest BCUT2D eigenvalue weighted by molar-refractivity contribution is 6.67. The lowest BCUT2D eigenvalue weighted by atomic mass is 10.4. The molecule has 0 aliphatic rings. The van der Waals surface area contributed by atoms with Crippen LogP contribution in [0, 0.1) is 6.92 Å². The molecule has 0 unspecified atom stereocenters. The van der Waals surface area contributed by atoms with E-state index in [2.05, 4.69) is 4.98 Å². The van der Waals surface area contributed by atoms with Crippen LogP contribution in [0.5, 0.6) is 0 Å². The minimum atomic E-state index is -0.513. The third-order valence-corrected chi connectivity index (χ3v) is 2.13. The molecule has 2 heterocycles. The zero-order valence-corrected chi connectivity index (χ0v) is 7.75. The molecule has 0 aliphatic carbocycles. The monoisotopic (exact) mass is 194 g/mol. The van der Waals surface area contributed by atoms with Gasteiger partial charge in [0.1, 0.15) is 11.3 Å². The minimum Gasteiger partial charge on any atom is -0.304 e. The number of halogens is 1. The number of pyridine rings is 1. The summed E-state index contributed by atoms with van der Waals surface area (Å²) in [6.07, 6.45) is 1.85. The second-order valence-electron chi connectivity index (χ2n) is 2.75. The third kappa shape index (κ3) is 1.21. The first-order chi connectivity index (χ1) is 6.20. The van der Waals surface area contributed by atoms with E-state index in [1.807, 2.05) is 35.7 Å². The number of hydrogen-bond acceptors (Lipinski definition) is 2. The summed E-state index contributed by atoms with van der Waals surface area (Å²) in [4.78, 5) is 15.0. The Hall–Kier alpha value is -1.35. The summed E-state index contributed by atoms with van der Waals surface area (Å²) in [5.74, 6) is 0. The van der Waals surface area contributed by atoms with Crippen LogP contribution in [-0.2, 0) is 0 Å². The largest absolute Gasteiger partial charge is 0.304 e. The summed E-state index contributed by atoms with van der Waals surface area (Å²) in [7, 11) is 0. The molecule has 0 atom stereocenters. The summed E-state index contributed by atoms with van der Waals surface area (Å²) >= 11 is 5.37. The number of carbonyl (C=O) groups is 1. The van der Waals surface area contributed by atoms with E-state index >= 15 is 0 Å². The predicted molar refractivity (Wildman–Crippen MR) is 50.1 cm³/mol. The van der Waals surface area contributed by atoms with Gasteiger partial charge in [-0.2, -0.15) is 0 Å². The maximum Gasteiger partial charge on any atom is 0.272 e. The zero-order chi connectivity index (χ0) is 9.42. The summed E-state index contributed by atoms with van der Waals surface area (Å²) in [5, 5.41) is -0.513. The van der Waals surface area contributed by atoms with Crippen molar-refractivity contribution in [2.45, 2.75) is 6.92 Å². The topological polar surface area (TPSA) is 34.4 Å². The number of fused-ring (bicyclic) bond motifs is 1. The van der Waals surface area contributed by atoms with Crippen molar-refractivity contribution in [1.29, 1.82) is 0 Å². The summed E-state index contributed by atoms with van der Waals surface area (Å²) in [6, 6.07) is 5.57. The second kappa shape index (κ2) is 2.85. The molecule has 4 heteroatoms. The zero-order valence-electron chi connectivity index (χ0n) is 6.99. The van der Waals surface area contributed by atoms with Crippen LogP contribution >= 0.6 is 11.6 Å². The van der Waals surface area contributed by atoms with Gasteiger partial charge in [-0.1, -0.05) is 6.07 Å². The fraction of sp³-hybridized carbons (Fsp3) is 0.111. The molecule has 3 nitrogen and oxygen atoms in total. The van der Waals surface area contributed by atoms with Gasteiger partial charge in [0.15, 0.2) is 0 Å². The van der Waals surface area contributed by atoms with Crippen molar-refractivity contribution in [3.05, 3.63) is 35.8 Å². The van der Waals surface area contributed by atoms with E-state index in [-0.39, 0.29) is 0 Å². The van der Waals surface area contributed by atoms with Crippen molar-refractivity contribution in [2.75, 3.05) is 0 Å². The van der Waals surface area contributed by atoms with Crippen molar-refractivity contribution >= 4 is 22.5 Å². The molecule has 2 aromatic heterocycles. The van der Waals surface area contributed by atoms with Crippen LogP contribution < -0.4 is 0 Å². The van der Waals surface area contributed by atoms with Crippen LogP contribution in [0.15, 0.2) is 24.4 Å². The van der Waals surface area contributed by atoms with Crippen molar-refractivity contribution in [3.63, 3.8) is 0 Å². The van der Waals surface area contributed by atoms with E-state index in [9.17, 15) is 4.79 Å². The van der Waals surface area contributed by atoms with E-state index in [0.717, 1.165) is 11.3 Å². The van der Waals surface area contributed by atoms with Gasteiger partial charge in [0.05, 0.1) is 5.69 Å². The highest BCUT2D eigenvalue weighted by Gasteiger charge is 2.12. The minimum absolute atomic E-state index is 0.327. The lowest BCUT2D eigenvalue weighted by molar-refractivity contribution is 0.107. The molecule has 0 spiro atoms. The van der Waals surface area contributed by atoms with E-state index in [4.69, 9.17) is 11.6 Å². The van der Waals surface area contributed by atoms with Crippen molar-refractivity contribution in [1.82, 2.24) is 9.38 Å². The molecule has 2 rings (SSSR count). The summed E-state index contributed by atoms with van der Waals surface area (Å²) in [5.41, 5.74) is 1.84. The van der Waals surface area contributed by atoms with E-state index in [0.29, 0.717) is 5.69 Å². The van der Waals surface area contributed by atoms with Crippen LogP contribution in [0.1, 0.15) is 16.2 Å². The molecule has 0 fully saturated rings. The molecule has 66 valence electrons. The normalized spacial score (nSPS) is 10.6. The first kappa shape index (κ1) is 8.26. The Kier molecular flexibility index (Phi) is 1.81. The maximum atomic E-state index is 10.9. The molecule has 0 saturated heterocycles. The highest BCUT2D eigenvalue weighted by atomic mass is 35.5. The molecular weight excluding hydrogens is 188 g/mol. The molecule has 0 bridgehead atoms. The van der Waals surface area contributed by atoms with E-state index in [1.165, 1.54) is 0 Å². The van der Waals surface area contributed by atoms with Gasteiger partial charge in [0, 0.05) is 6.20 Å². The number of hydrogen-bond donors (Lipinski definition) is 0. The predicted octanol–water partition coefficient (Wildman–Crippen LogP) is 2.02. The van der Waals surface area contributed by atoms with Gasteiger partial charge in [0.25, 0.3) is 5.24 Å². The molecule has 2 aromatic rings. The number of imidazole rings is 1. The van der Waals surface area contributed by atoms with Crippen molar-refractivity contribution < 1.29 is 4.79 Å².